The quantitative estimate of drug-likeness (QED) is 0.286. The van der Waals surface area contributed by atoms with Crippen molar-refractivity contribution in [2.75, 3.05) is 7.11 Å². The Morgan fingerprint density at radius 3 is 2.72 bits per heavy atom. The molecule has 0 unspecified atom stereocenters. The third kappa shape index (κ3) is 3.84. The highest BCUT2D eigenvalue weighted by atomic mass is 16.5. The lowest BCUT2D eigenvalue weighted by Gasteiger charge is -2.08. The third-order valence-electron chi connectivity index (χ3n) is 5.80. The zero-order chi connectivity index (χ0) is 25.6. The number of phenols is 1. The molecular formula is C26H22N4O6. The molecule has 5 N–H and O–H groups in total. The molecule has 1 amide bonds. The molecule has 10 heteroatoms. The Labute approximate surface area is 204 Å². The third-order valence-corrected chi connectivity index (χ3v) is 5.80. The number of benzene rings is 2. The highest BCUT2D eigenvalue weighted by Crippen LogP contribution is 2.40. The van der Waals surface area contributed by atoms with E-state index in [4.69, 9.17) is 19.9 Å². The van der Waals surface area contributed by atoms with Gasteiger partial charge in [-0.25, -0.2) is 4.98 Å². The molecule has 0 aliphatic rings. The van der Waals surface area contributed by atoms with Crippen molar-refractivity contribution in [3.8, 4) is 51.3 Å². The largest absolute Gasteiger partial charge is 0.504 e. The van der Waals surface area contributed by atoms with Crippen LogP contribution in [0, 0.1) is 6.92 Å². The Bertz CT molecular complexity index is 1690. The van der Waals surface area contributed by atoms with Gasteiger partial charge in [0.25, 0.3) is 0 Å². The van der Waals surface area contributed by atoms with Crippen LogP contribution in [0.2, 0.25) is 0 Å². The van der Waals surface area contributed by atoms with Crippen LogP contribution >= 0.6 is 0 Å². The summed E-state index contributed by atoms with van der Waals surface area (Å²) in [6.07, 6.45) is 1.76. The number of nitrogens with two attached hydrogens (primary N) is 1. The number of aromatic nitrogens is 3. The molecule has 0 aliphatic heterocycles. The van der Waals surface area contributed by atoms with Crippen molar-refractivity contribution >= 4 is 16.8 Å². The first kappa shape index (κ1) is 22.8. The van der Waals surface area contributed by atoms with Crippen molar-refractivity contribution in [2.24, 2.45) is 5.73 Å². The predicted octanol–water partition coefficient (Wildman–Crippen LogP) is 3.53. The van der Waals surface area contributed by atoms with E-state index in [0.717, 1.165) is 10.9 Å². The Morgan fingerprint density at radius 1 is 1.19 bits per heavy atom. The molecule has 5 rings (SSSR count). The fourth-order valence-electron chi connectivity index (χ4n) is 4.21. The zero-order valence-electron chi connectivity index (χ0n) is 19.4. The van der Waals surface area contributed by atoms with Crippen molar-refractivity contribution in [2.45, 2.75) is 13.5 Å². The monoisotopic (exact) mass is 486 g/mol. The molecular weight excluding hydrogens is 464 g/mol. The number of para-hydroxylation sites is 1. The molecule has 0 atom stereocenters. The molecule has 0 fully saturated rings. The number of nitrogens with zero attached hydrogens (tertiary/aromatic N) is 2. The maximum Gasteiger partial charge on any atom is 0.237 e. The molecule has 0 spiro atoms. The number of methoxy groups -OCH3 is 1. The van der Waals surface area contributed by atoms with Crippen LogP contribution in [0.25, 0.3) is 45.0 Å². The highest BCUT2D eigenvalue weighted by molar-refractivity contribution is 5.96. The van der Waals surface area contributed by atoms with Crippen LogP contribution in [-0.4, -0.2) is 37.8 Å². The SMILES string of the molecule is COc1cc(-c2nc(-c3cn(CC(N)=O)c4ccccc34)[nH]c2-c2oc(C)cc(=O)c2O)ccc1O. The lowest BCUT2D eigenvalue weighted by Crippen LogP contribution is -2.17. The van der Waals surface area contributed by atoms with Crippen molar-refractivity contribution in [3.63, 3.8) is 0 Å². The predicted molar refractivity (Wildman–Crippen MR) is 133 cm³/mol. The minimum Gasteiger partial charge on any atom is -0.504 e. The molecule has 3 heterocycles. The van der Waals surface area contributed by atoms with E-state index in [9.17, 15) is 19.8 Å². The van der Waals surface area contributed by atoms with Gasteiger partial charge in [0, 0.05) is 34.3 Å². The highest BCUT2D eigenvalue weighted by Gasteiger charge is 2.24. The van der Waals surface area contributed by atoms with Crippen molar-refractivity contribution in [3.05, 3.63) is 70.7 Å². The van der Waals surface area contributed by atoms with Crippen LogP contribution in [0.15, 0.2) is 63.9 Å². The summed E-state index contributed by atoms with van der Waals surface area (Å²) in [6, 6.07) is 13.3. The number of ether oxygens (including phenoxy) is 1. The molecule has 0 saturated heterocycles. The Morgan fingerprint density at radius 2 is 1.97 bits per heavy atom. The van der Waals surface area contributed by atoms with E-state index < -0.39 is 17.1 Å². The van der Waals surface area contributed by atoms with Gasteiger partial charge in [0.15, 0.2) is 17.3 Å². The van der Waals surface area contributed by atoms with Gasteiger partial charge in [0.1, 0.15) is 29.5 Å². The summed E-state index contributed by atoms with van der Waals surface area (Å²) < 4.78 is 12.7. The van der Waals surface area contributed by atoms with Gasteiger partial charge >= 0.3 is 0 Å². The number of amides is 1. The number of primary amides is 1. The van der Waals surface area contributed by atoms with Crippen LogP contribution in [0.3, 0.4) is 0 Å². The van der Waals surface area contributed by atoms with E-state index in [0.29, 0.717) is 28.4 Å². The number of hydrogen-bond donors (Lipinski definition) is 4. The molecule has 10 nitrogen and oxygen atoms in total. The number of aromatic hydroxyl groups is 2. The summed E-state index contributed by atoms with van der Waals surface area (Å²) in [5.41, 5.74) is 7.42. The first-order valence-corrected chi connectivity index (χ1v) is 10.9. The van der Waals surface area contributed by atoms with Gasteiger partial charge in [-0.1, -0.05) is 18.2 Å². The van der Waals surface area contributed by atoms with Crippen LogP contribution < -0.4 is 15.9 Å². The second-order valence-electron chi connectivity index (χ2n) is 8.25. The first-order chi connectivity index (χ1) is 17.3. The maximum atomic E-state index is 12.3. The number of fused-ring (bicyclic) bond motifs is 1. The number of imidazole rings is 1. The average Bonchev–Trinajstić information content (AvgIpc) is 3.44. The number of aromatic amines is 1. The van der Waals surface area contributed by atoms with Gasteiger partial charge in [0.05, 0.1) is 7.11 Å². The molecule has 0 bridgehead atoms. The number of carbonyl (C=O) groups is 1. The first-order valence-electron chi connectivity index (χ1n) is 10.9. The molecule has 182 valence electrons. The normalized spacial score (nSPS) is 11.2. The van der Waals surface area contributed by atoms with Gasteiger partial charge < -0.3 is 34.7 Å². The Hall–Kier alpha value is -4.99. The topological polar surface area (TPSA) is 157 Å². The number of hydrogen-bond acceptors (Lipinski definition) is 7. The van der Waals surface area contributed by atoms with Crippen molar-refractivity contribution in [1.29, 1.82) is 0 Å². The van der Waals surface area contributed by atoms with Crippen LogP contribution in [0.5, 0.6) is 17.2 Å². The van der Waals surface area contributed by atoms with Gasteiger partial charge in [-0.15, -0.1) is 0 Å². The minimum atomic E-state index is -0.600. The molecule has 5 aromatic rings. The summed E-state index contributed by atoms with van der Waals surface area (Å²) in [7, 11) is 1.43. The number of H-pyrrole nitrogens is 1. The van der Waals surface area contributed by atoms with E-state index in [1.165, 1.54) is 19.2 Å². The minimum absolute atomic E-state index is 0.0242. The summed E-state index contributed by atoms with van der Waals surface area (Å²) in [5, 5.41) is 21.4. The Kier molecular flexibility index (Phi) is 5.48. The number of nitrogens with one attached hydrogen (secondary N) is 1. The van der Waals surface area contributed by atoms with Gasteiger partial charge in [-0.05, 0) is 31.2 Å². The number of phenolic OH excluding ortho intramolecular Hbond substituents is 1. The fraction of sp³-hybridized carbons (Fsp3) is 0.115. The second-order valence-corrected chi connectivity index (χ2v) is 8.25. The number of rotatable bonds is 6. The Balaban J connectivity index is 1.80. The van der Waals surface area contributed by atoms with E-state index >= 15 is 0 Å². The number of carbonyl (C=O) groups excluding carboxylic acids is 1. The number of aryl methyl sites for hydroxylation is 1. The molecule has 36 heavy (non-hydrogen) atoms. The fourth-order valence-corrected chi connectivity index (χ4v) is 4.21. The standard InChI is InChI=1S/C26H22N4O6/c1-13-9-19(32)24(34)25(36-13)23-22(14-7-8-18(31)20(10-14)35-2)28-26(29-23)16-11-30(12-21(27)33)17-6-4-3-5-15(16)17/h3-11,31,34H,12H2,1-2H3,(H2,27,33)(H,28,29). The molecule has 0 aliphatic carbocycles. The summed E-state index contributed by atoms with van der Waals surface area (Å²) in [4.78, 5) is 32.0. The lowest BCUT2D eigenvalue weighted by atomic mass is 10.1. The van der Waals surface area contributed by atoms with E-state index in [2.05, 4.69) is 4.98 Å². The summed E-state index contributed by atoms with van der Waals surface area (Å²) in [6.45, 7) is 1.58. The van der Waals surface area contributed by atoms with Crippen molar-refractivity contribution in [1.82, 2.24) is 14.5 Å². The van der Waals surface area contributed by atoms with Gasteiger partial charge in [-0.3, -0.25) is 9.59 Å². The lowest BCUT2D eigenvalue weighted by molar-refractivity contribution is -0.118. The molecule has 3 aromatic heterocycles. The van der Waals surface area contributed by atoms with E-state index in [-0.39, 0.29) is 29.5 Å². The second kappa shape index (κ2) is 8.66. The van der Waals surface area contributed by atoms with Crippen molar-refractivity contribution < 1.29 is 24.2 Å². The summed E-state index contributed by atoms with van der Waals surface area (Å²) in [5.74, 6) is -0.286. The van der Waals surface area contributed by atoms with Gasteiger partial charge in [0.2, 0.25) is 17.1 Å². The smallest absolute Gasteiger partial charge is 0.237 e. The zero-order valence-corrected chi connectivity index (χ0v) is 19.4. The van der Waals surface area contributed by atoms with Crippen LogP contribution in [0.1, 0.15) is 5.76 Å². The van der Waals surface area contributed by atoms with E-state index in [1.54, 1.807) is 29.8 Å². The van der Waals surface area contributed by atoms with Gasteiger partial charge in [-0.2, -0.15) is 0 Å². The average molecular weight is 486 g/mol. The van der Waals surface area contributed by atoms with Crippen LogP contribution in [0.4, 0.5) is 0 Å². The molecule has 2 aromatic carbocycles. The van der Waals surface area contributed by atoms with E-state index in [1.807, 2.05) is 24.3 Å². The summed E-state index contributed by atoms with van der Waals surface area (Å²) >= 11 is 0. The maximum absolute atomic E-state index is 12.3. The molecule has 0 radical (unpaired) electrons. The van der Waals surface area contributed by atoms with Crippen LogP contribution in [-0.2, 0) is 11.3 Å². The molecule has 0 saturated carbocycles.